The van der Waals surface area contributed by atoms with Gasteiger partial charge in [-0.2, -0.15) is 0 Å². The van der Waals surface area contributed by atoms with Crippen LogP contribution in [0.25, 0.3) is 0 Å². The van der Waals surface area contributed by atoms with Gasteiger partial charge in [-0.05, 0) is 30.5 Å². The SMILES string of the molecule is O=C(NC1CCCN(C(=O)OCc2ccccc2)CC1=O)c1ccccn1. The molecule has 0 saturated carbocycles. The van der Waals surface area contributed by atoms with Gasteiger partial charge in [0.05, 0.1) is 12.6 Å². The molecule has 1 fully saturated rings. The molecule has 27 heavy (non-hydrogen) atoms. The van der Waals surface area contributed by atoms with Crippen LogP contribution in [-0.4, -0.2) is 46.8 Å². The molecule has 1 saturated heterocycles. The third-order valence-corrected chi connectivity index (χ3v) is 4.32. The maximum Gasteiger partial charge on any atom is 0.410 e. The highest BCUT2D eigenvalue weighted by atomic mass is 16.6. The highest BCUT2D eigenvalue weighted by Crippen LogP contribution is 2.12. The molecule has 0 radical (unpaired) electrons. The van der Waals surface area contributed by atoms with Crippen molar-refractivity contribution in [1.82, 2.24) is 15.2 Å². The molecule has 2 amide bonds. The summed E-state index contributed by atoms with van der Waals surface area (Å²) in [5.74, 6) is -0.609. The first-order valence-corrected chi connectivity index (χ1v) is 8.84. The van der Waals surface area contributed by atoms with E-state index < -0.39 is 18.0 Å². The van der Waals surface area contributed by atoms with Crippen molar-refractivity contribution in [2.45, 2.75) is 25.5 Å². The summed E-state index contributed by atoms with van der Waals surface area (Å²) in [5, 5.41) is 2.71. The van der Waals surface area contributed by atoms with Crippen LogP contribution < -0.4 is 5.32 Å². The summed E-state index contributed by atoms with van der Waals surface area (Å²) in [5.41, 5.74) is 1.14. The third-order valence-electron chi connectivity index (χ3n) is 4.32. The monoisotopic (exact) mass is 367 g/mol. The van der Waals surface area contributed by atoms with Gasteiger partial charge < -0.3 is 15.0 Å². The number of nitrogens with one attached hydrogen (secondary N) is 1. The molecule has 2 aromatic rings. The largest absolute Gasteiger partial charge is 0.445 e. The Kier molecular flexibility index (Phi) is 6.14. The van der Waals surface area contributed by atoms with Crippen molar-refractivity contribution in [3.8, 4) is 0 Å². The van der Waals surface area contributed by atoms with Crippen LogP contribution in [-0.2, 0) is 16.1 Å². The van der Waals surface area contributed by atoms with Crippen LogP contribution in [0.4, 0.5) is 4.79 Å². The lowest BCUT2D eigenvalue weighted by atomic mass is 10.1. The van der Waals surface area contributed by atoms with E-state index >= 15 is 0 Å². The molecule has 1 aromatic carbocycles. The lowest BCUT2D eigenvalue weighted by molar-refractivity contribution is -0.121. The van der Waals surface area contributed by atoms with Gasteiger partial charge in [0.1, 0.15) is 12.3 Å². The molecule has 1 N–H and O–H groups in total. The first kappa shape index (κ1) is 18.6. The molecule has 2 heterocycles. The molecule has 1 atom stereocenters. The molecule has 1 aliphatic rings. The molecule has 0 spiro atoms. The number of ether oxygens (including phenoxy) is 1. The number of ketones is 1. The van der Waals surface area contributed by atoms with Crippen molar-refractivity contribution in [3.05, 3.63) is 66.0 Å². The second-order valence-corrected chi connectivity index (χ2v) is 6.31. The van der Waals surface area contributed by atoms with Crippen molar-refractivity contribution < 1.29 is 19.1 Å². The number of carbonyl (C=O) groups is 3. The van der Waals surface area contributed by atoms with Crippen LogP contribution in [0.5, 0.6) is 0 Å². The molecule has 3 rings (SSSR count). The van der Waals surface area contributed by atoms with Crippen molar-refractivity contribution in [2.24, 2.45) is 0 Å². The molecule has 7 heteroatoms. The fourth-order valence-corrected chi connectivity index (χ4v) is 2.87. The minimum Gasteiger partial charge on any atom is -0.445 e. The van der Waals surface area contributed by atoms with Crippen molar-refractivity contribution >= 4 is 17.8 Å². The van der Waals surface area contributed by atoms with Gasteiger partial charge in [0.25, 0.3) is 5.91 Å². The molecular formula is C20H21N3O4. The Morgan fingerprint density at radius 2 is 1.93 bits per heavy atom. The van der Waals surface area contributed by atoms with E-state index in [9.17, 15) is 14.4 Å². The number of benzene rings is 1. The molecule has 1 unspecified atom stereocenters. The predicted octanol–water partition coefficient (Wildman–Crippen LogP) is 2.18. The third kappa shape index (κ3) is 5.13. The zero-order chi connectivity index (χ0) is 19.1. The van der Waals surface area contributed by atoms with Gasteiger partial charge in [0.15, 0.2) is 5.78 Å². The van der Waals surface area contributed by atoms with Crippen molar-refractivity contribution in [3.63, 3.8) is 0 Å². The standard InChI is InChI=1S/C20H21N3O4/c24-18-13-23(20(26)27-14-15-7-2-1-3-8-15)12-6-10-16(18)22-19(25)17-9-4-5-11-21-17/h1-5,7-9,11,16H,6,10,12-14H2,(H,22,25). The minimum atomic E-state index is -0.633. The van der Waals surface area contributed by atoms with Gasteiger partial charge in [-0.3, -0.25) is 14.6 Å². The summed E-state index contributed by atoms with van der Waals surface area (Å²) in [7, 11) is 0. The quantitative estimate of drug-likeness (QED) is 0.895. The normalized spacial score (nSPS) is 17.1. The van der Waals surface area contributed by atoms with E-state index in [4.69, 9.17) is 4.74 Å². The zero-order valence-corrected chi connectivity index (χ0v) is 14.8. The zero-order valence-electron chi connectivity index (χ0n) is 14.8. The van der Waals surface area contributed by atoms with Crippen LogP contribution in [0.15, 0.2) is 54.7 Å². The first-order valence-electron chi connectivity index (χ1n) is 8.84. The topological polar surface area (TPSA) is 88.6 Å². The summed E-state index contributed by atoms with van der Waals surface area (Å²) in [6, 6.07) is 13.7. The van der Waals surface area contributed by atoms with E-state index in [0.717, 1.165) is 5.56 Å². The van der Waals surface area contributed by atoms with Crippen molar-refractivity contribution in [2.75, 3.05) is 13.1 Å². The summed E-state index contributed by atoms with van der Waals surface area (Å²) < 4.78 is 5.29. The lowest BCUT2D eigenvalue weighted by Crippen LogP contribution is -2.44. The average molecular weight is 367 g/mol. The van der Waals surface area contributed by atoms with Gasteiger partial charge in [-0.15, -0.1) is 0 Å². The molecule has 0 aliphatic carbocycles. The Morgan fingerprint density at radius 1 is 1.15 bits per heavy atom. The van der Waals surface area contributed by atoms with Crippen LogP contribution in [0.2, 0.25) is 0 Å². The van der Waals surface area contributed by atoms with Gasteiger partial charge in [-0.1, -0.05) is 36.4 Å². The van der Waals surface area contributed by atoms with E-state index in [1.165, 1.54) is 11.1 Å². The van der Waals surface area contributed by atoms with E-state index in [1.807, 2.05) is 30.3 Å². The van der Waals surface area contributed by atoms with Gasteiger partial charge >= 0.3 is 6.09 Å². The van der Waals surface area contributed by atoms with E-state index in [1.54, 1.807) is 18.2 Å². The molecule has 0 bridgehead atoms. The van der Waals surface area contributed by atoms with E-state index in [2.05, 4.69) is 10.3 Å². The number of hydrogen-bond donors (Lipinski definition) is 1. The smallest absolute Gasteiger partial charge is 0.410 e. The average Bonchev–Trinajstić information content (AvgIpc) is 2.89. The van der Waals surface area contributed by atoms with Crippen LogP contribution in [0.1, 0.15) is 28.9 Å². The highest BCUT2D eigenvalue weighted by Gasteiger charge is 2.29. The highest BCUT2D eigenvalue weighted by molar-refractivity contribution is 5.97. The van der Waals surface area contributed by atoms with E-state index in [0.29, 0.717) is 19.4 Å². The van der Waals surface area contributed by atoms with Gasteiger partial charge in [-0.25, -0.2) is 4.79 Å². The molecule has 1 aliphatic heterocycles. The van der Waals surface area contributed by atoms with Crippen LogP contribution in [0.3, 0.4) is 0 Å². The summed E-state index contributed by atoms with van der Waals surface area (Å²) >= 11 is 0. The predicted molar refractivity (Wildman–Crippen MR) is 97.9 cm³/mol. The molecule has 7 nitrogen and oxygen atoms in total. The van der Waals surface area contributed by atoms with Gasteiger partial charge in [0, 0.05) is 12.7 Å². The number of nitrogens with zero attached hydrogens (tertiary/aromatic N) is 2. The Morgan fingerprint density at radius 3 is 2.67 bits per heavy atom. The fraction of sp³-hybridized carbons (Fsp3) is 0.300. The lowest BCUT2D eigenvalue weighted by Gasteiger charge is -2.19. The number of carbonyl (C=O) groups excluding carboxylic acids is 3. The Bertz CT molecular complexity index is 795. The number of hydrogen-bond acceptors (Lipinski definition) is 5. The van der Waals surface area contributed by atoms with Crippen LogP contribution >= 0.6 is 0 Å². The second kappa shape index (κ2) is 8.93. The summed E-state index contributed by atoms with van der Waals surface area (Å²) in [6.45, 7) is 0.486. The molecule has 140 valence electrons. The van der Waals surface area contributed by atoms with E-state index in [-0.39, 0.29) is 24.6 Å². The number of amides is 2. The minimum absolute atomic E-state index is 0.0826. The van der Waals surface area contributed by atoms with Crippen LogP contribution in [0, 0.1) is 0 Å². The second-order valence-electron chi connectivity index (χ2n) is 6.31. The van der Waals surface area contributed by atoms with Gasteiger partial charge in [0.2, 0.25) is 0 Å². The number of aromatic nitrogens is 1. The maximum absolute atomic E-state index is 12.5. The maximum atomic E-state index is 12.5. The number of pyridine rings is 1. The van der Waals surface area contributed by atoms with Crippen molar-refractivity contribution in [1.29, 1.82) is 0 Å². The Hall–Kier alpha value is -3.22. The molecule has 1 aromatic heterocycles. The fourth-order valence-electron chi connectivity index (χ4n) is 2.87. The summed E-state index contributed by atoms with van der Waals surface area (Å²) in [4.78, 5) is 42.3. The number of Topliss-reactive ketones (excluding diaryl/α,β-unsaturated/α-hetero) is 1. The first-order chi connectivity index (χ1) is 13.1. The number of likely N-dealkylation sites (tertiary alicyclic amines) is 1. The summed E-state index contributed by atoms with van der Waals surface area (Å²) in [6.07, 6.45) is 2.07. The Labute approximate surface area is 157 Å². The number of rotatable bonds is 4. The molecular weight excluding hydrogens is 346 g/mol. The Balaban J connectivity index is 1.54.